The molecule has 2 aromatic carbocycles. The number of carbonyl (C=O) groups is 1. The van der Waals surface area contributed by atoms with Crippen LogP contribution >= 0.6 is 11.6 Å². The Kier molecular flexibility index (Phi) is 7.07. The summed E-state index contributed by atoms with van der Waals surface area (Å²) in [5.74, 6) is -0.272. The Balaban J connectivity index is 1.77. The van der Waals surface area contributed by atoms with E-state index >= 15 is 0 Å². The Hall–Kier alpha value is -2.90. The first kappa shape index (κ1) is 21.8. The minimum absolute atomic E-state index is 0.192. The van der Waals surface area contributed by atoms with E-state index in [2.05, 4.69) is 9.72 Å². The standard InChI is InChI=1S/C22H18ClF3N2O2/c23-18-8-10-20(11-9-18)28(13-19-3-1-2-12-27-19)21(29)17-6-4-16(5-7-17)14-30-15-22(24,25)26/h1-12H,13-15H2. The molecular formula is C22H18ClF3N2O2. The molecule has 0 N–H and O–H groups in total. The molecule has 0 radical (unpaired) electrons. The highest BCUT2D eigenvalue weighted by Crippen LogP contribution is 2.23. The van der Waals surface area contributed by atoms with Crippen LogP contribution in [0.15, 0.2) is 72.9 Å². The molecule has 8 heteroatoms. The van der Waals surface area contributed by atoms with Crippen molar-refractivity contribution in [3.8, 4) is 0 Å². The van der Waals surface area contributed by atoms with E-state index in [-0.39, 0.29) is 19.1 Å². The molecule has 0 aliphatic carbocycles. The van der Waals surface area contributed by atoms with Crippen LogP contribution in [0, 0.1) is 0 Å². The van der Waals surface area contributed by atoms with Gasteiger partial charge >= 0.3 is 6.18 Å². The van der Waals surface area contributed by atoms with E-state index in [0.29, 0.717) is 27.5 Å². The molecule has 0 saturated heterocycles. The number of alkyl halides is 3. The highest BCUT2D eigenvalue weighted by molar-refractivity contribution is 6.30. The van der Waals surface area contributed by atoms with Crippen molar-refractivity contribution in [3.63, 3.8) is 0 Å². The maximum Gasteiger partial charge on any atom is 0.411 e. The Morgan fingerprint density at radius 1 is 1.00 bits per heavy atom. The van der Waals surface area contributed by atoms with Crippen LogP contribution in [-0.4, -0.2) is 23.7 Å². The molecule has 0 aliphatic rings. The lowest BCUT2D eigenvalue weighted by molar-refractivity contribution is -0.176. The number of hydrogen-bond acceptors (Lipinski definition) is 3. The van der Waals surface area contributed by atoms with Crippen molar-refractivity contribution in [3.05, 3.63) is 94.8 Å². The Morgan fingerprint density at radius 3 is 2.30 bits per heavy atom. The van der Waals surface area contributed by atoms with Gasteiger partial charge < -0.3 is 9.64 Å². The molecule has 0 fully saturated rings. The SMILES string of the molecule is O=C(c1ccc(COCC(F)(F)F)cc1)N(Cc1ccccn1)c1ccc(Cl)cc1. The van der Waals surface area contributed by atoms with Gasteiger partial charge in [0.1, 0.15) is 6.61 Å². The van der Waals surface area contributed by atoms with Gasteiger partial charge in [0.05, 0.1) is 18.8 Å². The highest BCUT2D eigenvalue weighted by Gasteiger charge is 2.27. The fourth-order valence-electron chi connectivity index (χ4n) is 2.74. The molecule has 0 bridgehead atoms. The molecular weight excluding hydrogens is 417 g/mol. The Labute approximate surface area is 176 Å². The average Bonchev–Trinajstić information content (AvgIpc) is 2.73. The van der Waals surface area contributed by atoms with Gasteiger partial charge in [0.25, 0.3) is 5.91 Å². The number of carbonyl (C=O) groups excluding carboxylic acids is 1. The summed E-state index contributed by atoms with van der Waals surface area (Å²) in [7, 11) is 0. The lowest BCUT2D eigenvalue weighted by atomic mass is 10.1. The lowest BCUT2D eigenvalue weighted by Gasteiger charge is -2.23. The predicted octanol–water partition coefficient (Wildman–Crippen LogP) is 5.66. The number of aromatic nitrogens is 1. The van der Waals surface area contributed by atoms with Crippen molar-refractivity contribution in [1.29, 1.82) is 0 Å². The van der Waals surface area contributed by atoms with Crippen LogP contribution < -0.4 is 4.90 Å². The molecule has 0 saturated carbocycles. The second-order valence-corrected chi connectivity index (χ2v) is 6.93. The van der Waals surface area contributed by atoms with Crippen molar-refractivity contribution in [2.24, 2.45) is 0 Å². The summed E-state index contributed by atoms with van der Waals surface area (Å²) in [6, 6.07) is 18.6. The van der Waals surface area contributed by atoms with Crippen molar-refractivity contribution >= 4 is 23.2 Å². The third-order valence-electron chi connectivity index (χ3n) is 4.17. The van der Waals surface area contributed by atoms with Gasteiger partial charge in [0.15, 0.2) is 0 Å². The van der Waals surface area contributed by atoms with Crippen LogP contribution in [-0.2, 0) is 17.9 Å². The molecule has 3 rings (SSSR count). The minimum Gasteiger partial charge on any atom is -0.367 e. The number of anilines is 1. The number of pyridine rings is 1. The van der Waals surface area contributed by atoms with Crippen molar-refractivity contribution in [2.75, 3.05) is 11.5 Å². The summed E-state index contributed by atoms with van der Waals surface area (Å²) in [6.45, 7) is -1.26. The van der Waals surface area contributed by atoms with Crippen LogP contribution in [0.3, 0.4) is 0 Å². The Morgan fingerprint density at radius 2 is 1.70 bits per heavy atom. The fourth-order valence-corrected chi connectivity index (χ4v) is 2.87. The zero-order valence-corrected chi connectivity index (χ0v) is 16.5. The van der Waals surface area contributed by atoms with Gasteiger partial charge in [-0.1, -0.05) is 29.8 Å². The topological polar surface area (TPSA) is 42.4 Å². The molecule has 4 nitrogen and oxygen atoms in total. The van der Waals surface area contributed by atoms with E-state index < -0.39 is 12.8 Å². The van der Waals surface area contributed by atoms with Gasteiger partial charge in [0.2, 0.25) is 0 Å². The molecule has 1 amide bonds. The summed E-state index contributed by atoms with van der Waals surface area (Å²) in [6.07, 6.45) is -2.73. The zero-order chi connectivity index (χ0) is 21.6. The van der Waals surface area contributed by atoms with E-state index in [1.165, 1.54) is 0 Å². The number of amides is 1. The van der Waals surface area contributed by atoms with Crippen LogP contribution in [0.25, 0.3) is 0 Å². The molecule has 1 heterocycles. The number of nitrogens with zero attached hydrogens (tertiary/aromatic N) is 2. The first-order valence-electron chi connectivity index (χ1n) is 9.02. The van der Waals surface area contributed by atoms with E-state index in [1.807, 2.05) is 12.1 Å². The largest absolute Gasteiger partial charge is 0.411 e. The summed E-state index contributed by atoms with van der Waals surface area (Å²) in [5, 5.41) is 0.548. The number of rotatable bonds is 7. The van der Waals surface area contributed by atoms with Gasteiger partial charge in [0, 0.05) is 22.5 Å². The van der Waals surface area contributed by atoms with Gasteiger partial charge in [-0.3, -0.25) is 9.78 Å². The first-order valence-corrected chi connectivity index (χ1v) is 9.40. The zero-order valence-electron chi connectivity index (χ0n) is 15.8. The van der Waals surface area contributed by atoms with E-state index in [0.717, 1.165) is 0 Å². The average molecular weight is 435 g/mol. The first-order chi connectivity index (χ1) is 14.3. The van der Waals surface area contributed by atoms with Crippen molar-refractivity contribution < 1.29 is 22.7 Å². The third kappa shape index (κ3) is 6.30. The number of ether oxygens (including phenoxy) is 1. The highest BCUT2D eigenvalue weighted by atomic mass is 35.5. The van der Waals surface area contributed by atoms with Crippen LogP contribution in [0.4, 0.5) is 18.9 Å². The molecule has 0 unspecified atom stereocenters. The van der Waals surface area contributed by atoms with Crippen molar-refractivity contribution in [1.82, 2.24) is 4.98 Å². The molecule has 1 aromatic heterocycles. The second kappa shape index (κ2) is 9.73. The van der Waals surface area contributed by atoms with E-state index in [1.54, 1.807) is 65.7 Å². The number of hydrogen-bond donors (Lipinski definition) is 0. The Bertz CT molecular complexity index is 962. The molecule has 0 spiro atoms. The van der Waals surface area contributed by atoms with Crippen LogP contribution in [0.5, 0.6) is 0 Å². The summed E-state index contributed by atoms with van der Waals surface area (Å²) in [4.78, 5) is 19.0. The van der Waals surface area contributed by atoms with Gasteiger partial charge in [-0.25, -0.2) is 0 Å². The van der Waals surface area contributed by atoms with Gasteiger partial charge in [-0.05, 0) is 54.1 Å². The maximum absolute atomic E-state index is 13.2. The lowest BCUT2D eigenvalue weighted by Crippen LogP contribution is -2.30. The molecule has 30 heavy (non-hydrogen) atoms. The van der Waals surface area contributed by atoms with Crippen molar-refractivity contribution in [2.45, 2.75) is 19.3 Å². The second-order valence-electron chi connectivity index (χ2n) is 6.49. The fraction of sp³-hybridized carbons (Fsp3) is 0.182. The quantitative estimate of drug-likeness (QED) is 0.482. The van der Waals surface area contributed by atoms with Crippen LogP contribution in [0.1, 0.15) is 21.6 Å². The normalized spacial score (nSPS) is 11.3. The van der Waals surface area contributed by atoms with E-state index in [9.17, 15) is 18.0 Å². The molecule has 156 valence electrons. The third-order valence-corrected chi connectivity index (χ3v) is 4.42. The summed E-state index contributed by atoms with van der Waals surface area (Å²) >= 11 is 5.96. The maximum atomic E-state index is 13.2. The van der Waals surface area contributed by atoms with E-state index in [4.69, 9.17) is 11.6 Å². The summed E-state index contributed by atoms with van der Waals surface area (Å²) < 4.78 is 41.2. The number of halogens is 4. The molecule has 3 aromatic rings. The van der Waals surface area contributed by atoms with Gasteiger partial charge in [-0.2, -0.15) is 13.2 Å². The predicted molar refractivity (Wildman–Crippen MR) is 108 cm³/mol. The smallest absolute Gasteiger partial charge is 0.367 e. The summed E-state index contributed by atoms with van der Waals surface area (Å²) in [5.41, 5.74) is 2.28. The number of benzene rings is 2. The van der Waals surface area contributed by atoms with Crippen LogP contribution in [0.2, 0.25) is 5.02 Å². The van der Waals surface area contributed by atoms with Gasteiger partial charge in [-0.15, -0.1) is 0 Å². The minimum atomic E-state index is -4.37. The molecule has 0 atom stereocenters. The monoisotopic (exact) mass is 434 g/mol. The molecule has 0 aliphatic heterocycles.